The van der Waals surface area contributed by atoms with Crippen LogP contribution in [0.15, 0.2) is 88.5 Å². The fourth-order valence-electron chi connectivity index (χ4n) is 3.35. The summed E-state index contributed by atoms with van der Waals surface area (Å²) in [5.74, 6) is -0.295. The molecule has 0 aliphatic carbocycles. The number of benzene rings is 3. The van der Waals surface area contributed by atoms with E-state index < -0.39 is 11.8 Å². The van der Waals surface area contributed by atoms with Crippen molar-refractivity contribution in [3.63, 3.8) is 0 Å². The van der Waals surface area contributed by atoms with Gasteiger partial charge in [-0.05, 0) is 54.3 Å². The van der Waals surface area contributed by atoms with E-state index in [1.54, 1.807) is 66.7 Å². The largest absolute Gasteiger partial charge is 0.321 e. The lowest BCUT2D eigenvalue weighted by molar-refractivity contribution is -0.114. The normalized spacial score (nSPS) is 11.1. The van der Waals surface area contributed by atoms with E-state index in [0.717, 1.165) is 22.2 Å². The van der Waals surface area contributed by atoms with Gasteiger partial charge in [0, 0.05) is 43.3 Å². The molecule has 4 aromatic rings. The second kappa shape index (κ2) is 15.0. The molecule has 0 saturated heterocycles. The molecule has 3 N–H and O–H groups in total. The number of hydrogen-bond acceptors (Lipinski definition) is 8. The molecule has 0 atom stereocenters. The zero-order valence-electron chi connectivity index (χ0n) is 21.5. The molecule has 0 unspecified atom stereocenters. The minimum Gasteiger partial charge on any atom is -0.321 e. The number of hydrogen-bond donors (Lipinski definition) is 3. The van der Waals surface area contributed by atoms with Crippen molar-refractivity contribution in [2.45, 2.75) is 17.0 Å². The number of aromatic nitrogens is 2. The molecular formula is C28H23Cl2N5O3S3. The van der Waals surface area contributed by atoms with Gasteiger partial charge in [-0.25, -0.2) is 0 Å². The molecule has 1 heterocycles. The highest BCUT2D eigenvalue weighted by Crippen LogP contribution is 2.27. The van der Waals surface area contributed by atoms with Gasteiger partial charge >= 0.3 is 0 Å². The minimum absolute atomic E-state index is 0.0519. The molecule has 0 fully saturated rings. The maximum atomic E-state index is 13.4. The Morgan fingerprint density at radius 2 is 1.66 bits per heavy atom. The second-order valence-electron chi connectivity index (χ2n) is 8.15. The van der Waals surface area contributed by atoms with Crippen LogP contribution < -0.4 is 16.0 Å². The third-order valence-corrected chi connectivity index (χ3v) is 8.33. The highest BCUT2D eigenvalue weighted by molar-refractivity contribution is 8.00. The second-order valence-corrected chi connectivity index (χ2v) is 12.0. The highest BCUT2D eigenvalue weighted by atomic mass is 35.5. The number of nitrogens with zero attached hydrogens (tertiary/aromatic N) is 2. The van der Waals surface area contributed by atoms with Crippen LogP contribution in [0.5, 0.6) is 0 Å². The maximum Gasteiger partial charge on any atom is 0.272 e. The summed E-state index contributed by atoms with van der Waals surface area (Å²) < 4.78 is 4.19. The van der Waals surface area contributed by atoms with E-state index in [-0.39, 0.29) is 17.4 Å². The van der Waals surface area contributed by atoms with Gasteiger partial charge in [0.2, 0.25) is 16.2 Å². The number of rotatable bonds is 11. The van der Waals surface area contributed by atoms with Crippen molar-refractivity contribution < 1.29 is 14.4 Å². The summed E-state index contributed by atoms with van der Waals surface area (Å²) in [4.78, 5) is 43.7. The molecule has 13 heteroatoms. The van der Waals surface area contributed by atoms with Gasteiger partial charge in [0.1, 0.15) is 5.70 Å². The molecule has 0 bridgehead atoms. The Bertz CT molecular complexity index is 1560. The molecule has 0 aliphatic heterocycles. The summed E-state index contributed by atoms with van der Waals surface area (Å²) in [6, 6.07) is 20.5. The first-order valence-corrected chi connectivity index (χ1v) is 15.6. The molecule has 210 valence electrons. The molecule has 4 rings (SSSR count). The summed E-state index contributed by atoms with van der Waals surface area (Å²) in [5, 5.41) is 9.94. The summed E-state index contributed by atoms with van der Waals surface area (Å²) >= 11 is 16.6. The first-order chi connectivity index (χ1) is 19.8. The van der Waals surface area contributed by atoms with E-state index in [0.29, 0.717) is 37.1 Å². The molecule has 1 aromatic heterocycles. The Kier molecular flexibility index (Phi) is 11.2. The summed E-state index contributed by atoms with van der Waals surface area (Å²) in [5.41, 5.74) is 1.18. The molecule has 0 aliphatic rings. The molecule has 0 saturated carbocycles. The van der Waals surface area contributed by atoms with Crippen LogP contribution in [0.4, 0.5) is 10.8 Å². The predicted octanol–water partition coefficient (Wildman–Crippen LogP) is 7.10. The van der Waals surface area contributed by atoms with Crippen LogP contribution in [0.1, 0.15) is 22.8 Å². The van der Waals surface area contributed by atoms with Crippen LogP contribution in [0.25, 0.3) is 6.08 Å². The molecule has 41 heavy (non-hydrogen) atoms. The average molecular weight is 645 g/mol. The number of anilines is 2. The average Bonchev–Trinajstić information content (AvgIpc) is 3.40. The van der Waals surface area contributed by atoms with Crippen molar-refractivity contribution in [1.82, 2.24) is 14.7 Å². The fourth-order valence-corrected chi connectivity index (χ4v) is 5.90. The van der Waals surface area contributed by atoms with Gasteiger partial charge in [0.25, 0.3) is 11.8 Å². The topological polar surface area (TPSA) is 113 Å². The lowest BCUT2D eigenvalue weighted by Gasteiger charge is -2.13. The first kappa shape index (κ1) is 30.6. The Hall–Kier alpha value is -3.35. The Morgan fingerprint density at radius 1 is 0.927 bits per heavy atom. The van der Waals surface area contributed by atoms with E-state index in [4.69, 9.17) is 23.2 Å². The van der Waals surface area contributed by atoms with Gasteiger partial charge < -0.3 is 10.6 Å². The summed E-state index contributed by atoms with van der Waals surface area (Å²) in [7, 11) is 0. The van der Waals surface area contributed by atoms with Gasteiger partial charge in [-0.1, -0.05) is 72.2 Å². The van der Waals surface area contributed by atoms with E-state index in [9.17, 15) is 14.4 Å². The van der Waals surface area contributed by atoms with Crippen LogP contribution in [0.2, 0.25) is 10.0 Å². The van der Waals surface area contributed by atoms with Gasteiger partial charge in [-0.15, -0.1) is 11.8 Å². The van der Waals surface area contributed by atoms with Crippen LogP contribution in [0, 0.1) is 0 Å². The van der Waals surface area contributed by atoms with E-state index >= 15 is 0 Å². The first-order valence-electron chi connectivity index (χ1n) is 12.1. The number of nitrogens with one attached hydrogen (secondary N) is 3. The minimum atomic E-state index is -0.581. The fraction of sp³-hybridized carbons (Fsp3) is 0.107. The zero-order chi connectivity index (χ0) is 29.2. The van der Waals surface area contributed by atoms with Crippen LogP contribution in [-0.2, 0) is 9.59 Å². The Balaban J connectivity index is 1.46. The van der Waals surface area contributed by atoms with Crippen molar-refractivity contribution in [2.75, 3.05) is 22.1 Å². The van der Waals surface area contributed by atoms with Crippen molar-refractivity contribution in [1.29, 1.82) is 0 Å². The van der Waals surface area contributed by atoms with E-state index in [1.807, 2.05) is 13.0 Å². The van der Waals surface area contributed by atoms with E-state index in [2.05, 4.69) is 25.3 Å². The third-order valence-electron chi connectivity index (χ3n) is 5.21. The van der Waals surface area contributed by atoms with Crippen LogP contribution in [-0.4, -0.2) is 38.6 Å². The van der Waals surface area contributed by atoms with Crippen molar-refractivity contribution in [3.8, 4) is 0 Å². The highest BCUT2D eigenvalue weighted by Gasteiger charge is 2.17. The monoisotopic (exact) mass is 643 g/mol. The van der Waals surface area contributed by atoms with Gasteiger partial charge in [0.15, 0.2) is 0 Å². The Labute approximate surface area is 259 Å². The molecular weight excluding hydrogens is 621 g/mol. The van der Waals surface area contributed by atoms with Crippen molar-refractivity contribution in [3.05, 3.63) is 99.7 Å². The summed E-state index contributed by atoms with van der Waals surface area (Å²) in [6.07, 6.45) is 1.43. The van der Waals surface area contributed by atoms with Gasteiger partial charge in [-0.2, -0.15) is 9.36 Å². The van der Waals surface area contributed by atoms with Crippen LogP contribution >= 0.6 is 58.3 Å². The predicted molar refractivity (Wildman–Crippen MR) is 169 cm³/mol. The number of thioether (sulfide) groups is 2. The standard InChI is InChI=1S/C28H23Cl2N5O3S3/c1-2-39-28-34-27(41-35-28)33-24(36)16-40-19-11-6-10-18(14-19)31-26(38)23(15-20-21(29)12-7-13-22(20)30)32-25(37)17-8-4-3-5-9-17/h3-15H,2,16H2,1H3,(H,31,38)(H,32,37)(H,33,34,35,36)/b23-15+. The van der Waals surface area contributed by atoms with Crippen molar-refractivity contribution >= 4 is 92.9 Å². The number of amides is 3. The number of halogens is 2. The lowest BCUT2D eigenvalue weighted by Crippen LogP contribution is -2.30. The maximum absolute atomic E-state index is 13.4. The number of carbonyl (C=O) groups is 3. The Morgan fingerprint density at radius 3 is 2.39 bits per heavy atom. The SMILES string of the molecule is CCSc1nsc(NC(=O)CSc2cccc(NC(=O)/C(=C\c3c(Cl)cccc3Cl)NC(=O)c3ccccc3)c2)n1. The third kappa shape index (κ3) is 9.07. The molecule has 3 aromatic carbocycles. The van der Waals surface area contributed by atoms with Crippen LogP contribution in [0.3, 0.4) is 0 Å². The molecule has 0 radical (unpaired) electrons. The van der Waals surface area contributed by atoms with Gasteiger partial charge in [-0.3, -0.25) is 19.7 Å². The van der Waals surface area contributed by atoms with E-state index in [1.165, 1.54) is 29.6 Å². The molecule has 3 amide bonds. The summed E-state index contributed by atoms with van der Waals surface area (Å²) in [6.45, 7) is 2.00. The quantitative estimate of drug-likeness (QED) is 0.118. The molecule has 8 nitrogen and oxygen atoms in total. The van der Waals surface area contributed by atoms with Crippen molar-refractivity contribution in [2.24, 2.45) is 0 Å². The number of carbonyl (C=O) groups excluding carboxylic acids is 3. The smallest absolute Gasteiger partial charge is 0.272 e. The van der Waals surface area contributed by atoms with Gasteiger partial charge in [0.05, 0.1) is 5.75 Å². The lowest BCUT2D eigenvalue weighted by atomic mass is 10.1. The molecule has 0 spiro atoms. The zero-order valence-corrected chi connectivity index (χ0v) is 25.5.